The number of benzene rings is 1. The fourth-order valence-electron chi connectivity index (χ4n) is 0.996. The van der Waals surface area contributed by atoms with E-state index in [-0.39, 0.29) is 5.96 Å². The second-order valence-electron chi connectivity index (χ2n) is 2.62. The first-order valence-electron chi connectivity index (χ1n) is 3.95. The van der Waals surface area contributed by atoms with Crippen molar-refractivity contribution in [1.82, 2.24) is 0 Å². The van der Waals surface area contributed by atoms with Crippen LogP contribution in [0.1, 0.15) is 5.56 Å². The first-order valence-corrected chi connectivity index (χ1v) is 3.95. The molecule has 0 aliphatic heterocycles. The van der Waals surface area contributed by atoms with Gasteiger partial charge >= 0.3 is 5.96 Å². The van der Waals surface area contributed by atoms with E-state index in [1.165, 1.54) is 5.56 Å². The summed E-state index contributed by atoms with van der Waals surface area (Å²) in [6, 6.07) is 10.2. The van der Waals surface area contributed by atoms with Gasteiger partial charge in [-0.05, 0) is 5.56 Å². The van der Waals surface area contributed by atoms with Crippen molar-refractivity contribution >= 4 is 5.96 Å². The Balaban J connectivity index is 2.39. The fourth-order valence-corrected chi connectivity index (χ4v) is 0.996. The van der Waals surface area contributed by atoms with Crippen LogP contribution in [-0.2, 0) is 6.42 Å². The Bertz CT molecular complexity index is 250. The molecule has 1 rings (SSSR count). The molecule has 1 aromatic carbocycles. The van der Waals surface area contributed by atoms with Crippen LogP contribution in [0.5, 0.6) is 0 Å². The van der Waals surface area contributed by atoms with Crippen molar-refractivity contribution in [2.75, 3.05) is 6.54 Å². The molecule has 0 radical (unpaired) electrons. The minimum absolute atomic E-state index is 0.283. The SMILES string of the molecule is NC(N)=[NH+]CCc1ccccc1. The number of guanidine groups is 1. The van der Waals surface area contributed by atoms with Crippen LogP contribution in [0, 0.1) is 0 Å². The van der Waals surface area contributed by atoms with Gasteiger partial charge in [0.15, 0.2) is 0 Å². The zero-order chi connectivity index (χ0) is 8.81. The lowest BCUT2D eigenvalue weighted by Gasteiger charge is -1.95. The van der Waals surface area contributed by atoms with E-state index in [1.807, 2.05) is 18.2 Å². The molecule has 5 N–H and O–H groups in total. The van der Waals surface area contributed by atoms with Crippen LogP contribution in [0.15, 0.2) is 30.3 Å². The zero-order valence-corrected chi connectivity index (χ0v) is 6.96. The summed E-state index contributed by atoms with van der Waals surface area (Å²) in [5.74, 6) is 0.283. The van der Waals surface area contributed by atoms with Gasteiger partial charge in [0, 0.05) is 6.42 Å². The van der Waals surface area contributed by atoms with E-state index in [1.54, 1.807) is 0 Å². The van der Waals surface area contributed by atoms with Crippen LogP contribution >= 0.6 is 0 Å². The van der Waals surface area contributed by atoms with Crippen molar-refractivity contribution in [2.24, 2.45) is 11.5 Å². The summed E-state index contributed by atoms with van der Waals surface area (Å²) in [6.07, 6.45) is 0.943. The highest BCUT2D eigenvalue weighted by molar-refractivity contribution is 5.69. The van der Waals surface area contributed by atoms with E-state index in [0.717, 1.165) is 13.0 Å². The molecular weight excluding hydrogens is 150 g/mol. The topological polar surface area (TPSA) is 66.0 Å². The monoisotopic (exact) mass is 164 g/mol. The lowest BCUT2D eigenvalue weighted by atomic mass is 10.2. The molecule has 0 aliphatic rings. The molecule has 0 fully saturated rings. The van der Waals surface area contributed by atoms with Gasteiger partial charge in [0.1, 0.15) is 0 Å². The molecule has 0 spiro atoms. The van der Waals surface area contributed by atoms with Crippen molar-refractivity contribution in [3.63, 3.8) is 0 Å². The van der Waals surface area contributed by atoms with E-state index in [4.69, 9.17) is 11.5 Å². The van der Waals surface area contributed by atoms with Gasteiger partial charge < -0.3 is 0 Å². The molecule has 0 amide bonds. The molecule has 0 saturated carbocycles. The quantitative estimate of drug-likeness (QED) is 0.379. The van der Waals surface area contributed by atoms with Crippen molar-refractivity contribution in [1.29, 1.82) is 0 Å². The summed E-state index contributed by atoms with van der Waals surface area (Å²) in [4.78, 5) is 2.87. The molecule has 0 unspecified atom stereocenters. The van der Waals surface area contributed by atoms with Gasteiger partial charge in [-0.25, -0.2) is 0 Å². The van der Waals surface area contributed by atoms with E-state index in [2.05, 4.69) is 17.1 Å². The van der Waals surface area contributed by atoms with Gasteiger partial charge in [-0.2, -0.15) is 0 Å². The maximum Gasteiger partial charge on any atom is 0.338 e. The highest BCUT2D eigenvalue weighted by atomic mass is 15.0. The Morgan fingerprint density at radius 2 is 1.83 bits per heavy atom. The van der Waals surface area contributed by atoms with Crippen LogP contribution in [0.25, 0.3) is 0 Å². The number of hydrogen-bond donors (Lipinski definition) is 3. The molecule has 64 valence electrons. The first kappa shape index (κ1) is 8.59. The molecule has 3 heteroatoms. The molecule has 0 saturated heterocycles. The van der Waals surface area contributed by atoms with Gasteiger partial charge in [0.25, 0.3) is 0 Å². The third-order valence-electron chi connectivity index (χ3n) is 1.59. The maximum absolute atomic E-state index is 5.24. The van der Waals surface area contributed by atoms with Crippen LogP contribution in [0.4, 0.5) is 0 Å². The second kappa shape index (κ2) is 4.38. The van der Waals surface area contributed by atoms with Crippen molar-refractivity contribution in [2.45, 2.75) is 6.42 Å². The van der Waals surface area contributed by atoms with Gasteiger partial charge in [-0.3, -0.25) is 16.5 Å². The molecule has 0 heterocycles. The summed E-state index contributed by atoms with van der Waals surface area (Å²) >= 11 is 0. The Labute approximate surface area is 72.1 Å². The van der Waals surface area contributed by atoms with Crippen molar-refractivity contribution in [3.8, 4) is 0 Å². The standard InChI is InChI=1S/C9H13N3/c10-9(11)12-7-6-8-4-2-1-3-5-8/h1-5H,6-7H2,(H4,10,11,12)/p+1. The summed E-state index contributed by atoms with van der Waals surface area (Å²) in [7, 11) is 0. The molecule has 0 atom stereocenters. The van der Waals surface area contributed by atoms with Crippen molar-refractivity contribution in [3.05, 3.63) is 35.9 Å². The number of nitrogens with one attached hydrogen (secondary N) is 1. The predicted octanol–water partition coefficient (Wildman–Crippen LogP) is -1.42. The predicted molar refractivity (Wildman–Crippen MR) is 49.4 cm³/mol. The van der Waals surface area contributed by atoms with E-state index < -0.39 is 0 Å². The average molecular weight is 164 g/mol. The molecule has 0 aromatic heterocycles. The Kier molecular flexibility index (Phi) is 3.14. The van der Waals surface area contributed by atoms with Crippen LogP contribution in [0.2, 0.25) is 0 Å². The van der Waals surface area contributed by atoms with Gasteiger partial charge in [-0.15, -0.1) is 0 Å². The van der Waals surface area contributed by atoms with E-state index in [9.17, 15) is 0 Å². The van der Waals surface area contributed by atoms with Crippen LogP contribution in [0.3, 0.4) is 0 Å². The Hall–Kier alpha value is -1.51. The maximum atomic E-state index is 5.24. The molecule has 12 heavy (non-hydrogen) atoms. The fraction of sp³-hybridized carbons (Fsp3) is 0.222. The zero-order valence-electron chi connectivity index (χ0n) is 6.96. The van der Waals surface area contributed by atoms with Gasteiger partial charge in [0.2, 0.25) is 0 Å². The highest BCUT2D eigenvalue weighted by Crippen LogP contribution is 1.96. The van der Waals surface area contributed by atoms with E-state index >= 15 is 0 Å². The summed E-state index contributed by atoms with van der Waals surface area (Å²) in [6.45, 7) is 0.784. The van der Waals surface area contributed by atoms with Crippen LogP contribution < -0.4 is 16.5 Å². The minimum Gasteiger partial charge on any atom is -0.291 e. The smallest absolute Gasteiger partial charge is 0.291 e. The number of nitrogens with two attached hydrogens (primary N) is 2. The van der Waals surface area contributed by atoms with Crippen LogP contribution in [-0.4, -0.2) is 12.5 Å². The highest BCUT2D eigenvalue weighted by Gasteiger charge is 1.90. The van der Waals surface area contributed by atoms with Gasteiger partial charge in [-0.1, -0.05) is 30.3 Å². The Morgan fingerprint density at radius 3 is 2.42 bits per heavy atom. The van der Waals surface area contributed by atoms with Gasteiger partial charge in [0.05, 0.1) is 6.54 Å². The molecule has 0 aliphatic carbocycles. The summed E-state index contributed by atoms with van der Waals surface area (Å²) < 4.78 is 0. The first-order chi connectivity index (χ1) is 5.79. The second-order valence-corrected chi connectivity index (χ2v) is 2.62. The third-order valence-corrected chi connectivity index (χ3v) is 1.59. The largest absolute Gasteiger partial charge is 0.338 e. The minimum atomic E-state index is 0.283. The molecule has 1 aromatic rings. The summed E-state index contributed by atoms with van der Waals surface area (Å²) in [5.41, 5.74) is 11.8. The molecule has 3 nitrogen and oxygen atoms in total. The van der Waals surface area contributed by atoms with E-state index in [0.29, 0.717) is 0 Å². The lowest BCUT2D eigenvalue weighted by Crippen LogP contribution is -2.78. The lowest BCUT2D eigenvalue weighted by molar-refractivity contribution is -0.458. The number of rotatable bonds is 3. The number of hydrogen-bond acceptors (Lipinski definition) is 0. The summed E-state index contributed by atoms with van der Waals surface area (Å²) in [5, 5.41) is 0. The third kappa shape index (κ3) is 3.05. The average Bonchev–Trinajstić information content (AvgIpc) is 2.05. The normalized spacial score (nSPS) is 9.33. The van der Waals surface area contributed by atoms with Crippen molar-refractivity contribution < 1.29 is 4.99 Å². The molecule has 0 bridgehead atoms. The molecular formula is C9H14N3+. The Morgan fingerprint density at radius 1 is 1.17 bits per heavy atom.